The summed E-state index contributed by atoms with van der Waals surface area (Å²) in [6.07, 6.45) is 1.74. The molecule has 7 nitrogen and oxygen atoms in total. The molecule has 2 rings (SSSR count). The van der Waals surface area contributed by atoms with Gasteiger partial charge in [0, 0.05) is 20.3 Å². The van der Waals surface area contributed by atoms with Crippen molar-refractivity contribution >= 4 is 16.0 Å². The number of hydrogen-bond donors (Lipinski definition) is 1. The van der Waals surface area contributed by atoms with Gasteiger partial charge in [0.15, 0.2) is 0 Å². The first-order valence-electron chi connectivity index (χ1n) is 7.40. The number of rotatable bonds is 8. The van der Waals surface area contributed by atoms with Crippen LogP contribution in [0, 0.1) is 0 Å². The maximum atomic E-state index is 12.2. The molecule has 8 heteroatoms. The van der Waals surface area contributed by atoms with E-state index < -0.39 is 16.0 Å². The van der Waals surface area contributed by atoms with Gasteiger partial charge in [0.25, 0.3) is 0 Å². The second kappa shape index (κ2) is 8.39. The molecule has 1 heterocycles. The monoisotopic (exact) mass is 343 g/mol. The van der Waals surface area contributed by atoms with Gasteiger partial charge in [0.1, 0.15) is 6.61 Å². The summed E-state index contributed by atoms with van der Waals surface area (Å²) in [6, 6.07) is 5.61. The van der Waals surface area contributed by atoms with Gasteiger partial charge < -0.3 is 14.2 Å². The molecular weight excluding hydrogens is 322 g/mol. The van der Waals surface area contributed by atoms with Gasteiger partial charge in [-0.15, -0.1) is 0 Å². The summed E-state index contributed by atoms with van der Waals surface area (Å²) < 4.78 is 42.0. The Morgan fingerprint density at radius 1 is 1.30 bits per heavy atom. The topological polar surface area (TPSA) is 90.9 Å². The van der Waals surface area contributed by atoms with E-state index in [-0.39, 0.29) is 24.2 Å². The molecule has 1 aromatic rings. The molecule has 0 amide bonds. The van der Waals surface area contributed by atoms with Crippen LogP contribution in [0.4, 0.5) is 0 Å². The Labute approximate surface area is 136 Å². The van der Waals surface area contributed by atoms with Crippen LogP contribution in [0.15, 0.2) is 29.2 Å². The molecule has 0 aromatic heterocycles. The van der Waals surface area contributed by atoms with E-state index in [1.807, 2.05) is 0 Å². The Morgan fingerprint density at radius 3 is 2.65 bits per heavy atom. The minimum atomic E-state index is -3.61. The van der Waals surface area contributed by atoms with Crippen molar-refractivity contribution in [2.45, 2.75) is 23.8 Å². The number of sulfonamides is 1. The van der Waals surface area contributed by atoms with Gasteiger partial charge in [-0.25, -0.2) is 17.9 Å². The first kappa shape index (κ1) is 17.9. The van der Waals surface area contributed by atoms with Gasteiger partial charge in [-0.3, -0.25) is 0 Å². The summed E-state index contributed by atoms with van der Waals surface area (Å²) in [5, 5.41) is 0. The Kier molecular flexibility index (Phi) is 6.52. The van der Waals surface area contributed by atoms with E-state index in [1.54, 1.807) is 0 Å². The van der Waals surface area contributed by atoms with Crippen molar-refractivity contribution in [2.24, 2.45) is 0 Å². The van der Waals surface area contributed by atoms with Gasteiger partial charge in [-0.2, -0.15) is 0 Å². The highest BCUT2D eigenvalue weighted by atomic mass is 32.2. The Balaban J connectivity index is 1.93. The molecule has 128 valence electrons. The van der Waals surface area contributed by atoms with Crippen LogP contribution in [0.2, 0.25) is 0 Å². The zero-order chi connectivity index (χ0) is 16.7. The van der Waals surface area contributed by atoms with Crippen molar-refractivity contribution in [1.29, 1.82) is 0 Å². The van der Waals surface area contributed by atoms with Crippen LogP contribution in [0.3, 0.4) is 0 Å². The third-order valence-corrected chi connectivity index (χ3v) is 4.89. The van der Waals surface area contributed by atoms with E-state index in [0.717, 1.165) is 12.8 Å². The molecule has 0 spiro atoms. The van der Waals surface area contributed by atoms with E-state index in [4.69, 9.17) is 14.2 Å². The number of benzene rings is 1. The van der Waals surface area contributed by atoms with Gasteiger partial charge in [-0.05, 0) is 37.1 Å². The second-order valence-electron chi connectivity index (χ2n) is 5.14. The maximum Gasteiger partial charge on any atom is 0.338 e. The molecule has 1 N–H and O–H groups in total. The Hall–Kier alpha value is -1.48. The third-order valence-electron chi connectivity index (χ3n) is 3.45. The lowest BCUT2D eigenvalue weighted by atomic mass is 10.2. The summed E-state index contributed by atoms with van der Waals surface area (Å²) in [6.45, 7) is 1.39. The number of hydrogen-bond acceptors (Lipinski definition) is 6. The predicted octanol–water partition coefficient (Wildman–Crippen LogP) is 0.947. The molecule has 1 unspecified atom stereocenters. The van der Waals surface area contributed by atoms with E-state index >= 15 is 0 Å². The third kappa shape index (κ3) is 5.28. The molecule has 0 aliphatic carbocycles. The fourth-order valence-corrected chi connectivity index (χ4v) is 3.23. The standard InChI is InChI=1S/C15H21NO6S/c1-20-9-10-22-15(17)12-4-6-14(7-5-12)23(18,19)16-11-13-3-2-8-21-13/h4-7,13,16H,2-3,8-11H2,1H3. The number of nitrogens with one attached hydrogen (secondary N) is 1. The summed E-state index contributed by atoms with van der Waals surface area (Å²) in [5.74, 6) is -0.515. The van der Waals surface area contributed by atoms with Crippen LogP contribution < -0.4 is 4.72 Å². The first-order chi connectivity index (χ1) is 11.0. The van der Waals surface area contributed by atoms with E-state index in [2.05, 4.69) is 4.72 Å². The van der Waals surface area contributed by atoms with Gasteiger partial charge >= 0.3 is 5.97 Å². The fourth-order valence-electron chi connectivity index (χ4n) is 2.16. The number of ether oxygens (including phenoxy) is 3. The zero-order valence-corrected chi connectivity index (χ0v) is 13.8. The van der Waals surface area contributed by atoms with E-state index in [9.17, 15) is 13.2 Å². The molecule has 1 aliphatic rings. The highest BCUT2D eigenvalue weighted by molar-refractivity contribution is 7.89. The lowest BCUT2D eigenvalue weighted by Crippen LogP contribution is -2.31. The van der Waals surface area contributed by atoms with Crippen LogP contribution in [0.25, 0.3) is 0 Å². The van der Waals surface area contributed by atoms with E-state index in [0.29, 0.717) is 18.8 Å². The van der Waals surface area contributed by atoms with E-state index in [1.165, 1.54) is 31.4 Å². The van der Waals surface area contributed by atoms with Gasteiger partial charge in [0.05, 0.1) is 23.2 Å². The minimum absolute atomic E-state index is 0.0696. The Bertz CT molecular complexity index is 607. The van der Waals surface area contributed by atoms with Crippen molar-refractivity contribution in [3.05, 3.63) is 29.8 Å². The molecule has 1 saturated heterocycles. The molecular formula is C15H21NO6S. The van der Waals surface area contributed by atoms with Crippen molar-refractivity contribution in [3.8, 4) is 0 Å². The zero-order valence-electron chi connectivity index (χ0n) is 13.0. The number of esters is 1. The summed E-state index contributed by atoms with van der Waals surface area (Å²) in [7, 11) is -2.10. The number of carbonyl (C=O) groups is 1. The average Bonchev–Trinajstić information content (AvgIpc) is 3.07. The van der Waals surface area contributed by atoms with Crippen molar-refractivity contribution < 1.29 is 27.4 Å². The second-order valence-corrected chi connectivity index (χ2v) is 6.91. The summed E-state index contributed by atoms with van der Waals surface area (Å²) >= 11 is 0. The van der Waals surface area contributed by atoms with Crippen LogP contribution in [-0.2, 0) is 24.2 Å². The van der Waals surface area contributed by atoms with Crippen molar-refractivity contribution in [1.82, 2.24) is 4.72 Å². The first-order valence-corrected chi connectivity index (χ1v) is 8.88. The molecule has 1 aliphatic heterocycles. The Morgan fingerprint density at radius 2 is 2.04 bits per heavy atom. The number of methoxy groups -OCH3 is 1. The minimum Gasteiger partial charge on any atom is -0.460 e. The molecule has 1 fully saturated rings. The number of carbonyl (C=O) groups excluding carboxylic acids is 1. The molecule has 1 atom stereocenters. The maximum absolute atomic E-state index is 12.2. The summed E-state index contributed by atoms with van der Waals surface area (Å²) in [4.78, 5) is 11.8. The van der Waals surface area contributed by atoms with Crippen LogP contribution in [0.5, 0.6) is 0 Å². The fraction of sp³-hybridized carbons (Fsp3) is 0.533. The molecule has 0 bridgehead atoms. The molecule has 0 radical (unpaired) electrons. The van der Waals surface area contributed by atoms with Crippen LogP contribution >= 0.6 is 0 Å². The van der Waals surface area contributed by atoms with Crippen LogP contribution in [-0.4, -0.2) is 54.0 Å². The average molecular weight is 343 g/mol. The molecule has 1 aromatic carbocycles. The molecule has 0 saturated carbocycles. The van der Waals surface area contributed by atoms with Gasteiger partial charge in [0.2, 0.25) is 10.0 Å². The SMILES string of the molecule is COCCOC(=O)c1ccc(S(=O)(=O)NCC2CCCO2)cc1. The van der Waals surface area contributed by atoms with Crippen molar-refractivity contribution in [3.63, 3.8) is 0 Å². The lowest BCUT2D eigenvalue weighted by molar-refractivity contribution is 0.0388. The predicted molar refractivity (Wildman–Crippen MR) is 82.8 cm³/mol. The van der Waals surface area contributed by atoms with Crippen molar-refractivity contribution in [2.75, 3.05) is 33.5 Å². The smallest absolute Gasteiger partial charge is 0.338 e. The van der Waals surface area contributed by atoms with Crippen LogP contribution in [0.1, 0.15) is 23.2 Å². The van der Waals surface area contributed by atoms with Gasteiger partial charge in [-0.1, -0.05) is 0 Å². The highest BCUT2D eigenvalue weighted by Gasteiger charge is 2.20. The quantitative estimate of drug-likeness (QED) is 0.558. The normalized spacial score (nSPS) is 18.0. The lowest BCUT2D eigenvalue weighted by Gasteiger charge is -2.11. The molecule has 23 heavy (non-hydrogen) atoms. The summed E-state index contributed by atoms with van der Waals surface area (Å²) in [5.41, 5.74) is 0.291. The largest absolute Gasteiger partial charge is 0.460 e. The highest BCUT2D eigenvalue weighted by Crippen LogP contribution is 2.14.